The molecule has 1 saturated heterocycles. The average Bonchev–Trinajstić information content (AvgIpc) is 2.67. The molecule has 118 valence electrons. The lowest BCUT2D eigenvalue weighted by atomic mass is 10.3. The smallest absolute Gasteiger partial charge is 0.177 e. The molecule has 0 saturated carbocycles. The maximum absolute atomic E-state index is 11.7. The van der Waals surface area contributed by atoms with Gasteiger partial charge in [-0.2, -0.15) is 0 Å². The molecular weight excluding hydrogens is 312 g/mol. The van der Waals surface area contributed by atoms with Crippen LogP contribution in [-0.4, -0.2) is 44.9 Å². The maximum Gasteiger partial charge on any atom is 0.177 e. The van der Waals surface area contributed by atoms with E-state index in [2.05, 4.69) is 0 Å². The van der Waals surface area contributed by atoms with Crippen molar-refractivity contribution in [2.24, 2.45) is 0 Å². The Morgan fingerprint density at radius 1 is 1.33 bits per heavy atom. The molecule has 0 radical (unpaired) electrons. The summed E-state index contributed by atoms with van der Waals surface area (Å²) in [6.45, 7) is 6.03. The number of carbonyl (C=O) groups excluding carboxylic acids is 1. The van der Waals surface area contributed by atoms with Crippen molar-refractivity contribution >= 4 is 37.6 Å². The van der Waals surface area contributed by atoms with Crippen LogP contribution in [0.15, 0.2) is 0 Å². The summed E-state index contributed by atoms with van der Waals surface area (Å²) in [4.78, 5) is 14.1. The Bertz CT molecular complexity index is 635. The van der Waals surface area contributed by atoms with Crippen LogP contribution in [-0.2, 0) is 9.84 Å². The first-order chi connectivity index (χ1) is 9.71. The summed E-state index contributed by atoms with van der Waals surface area (Å²) < 4.78 is 28.8. The van der Waals surface area contributed by atoms with Crippen molar-refractivity contribution in [3.63, 3.8) is 0 Å². The molecule has 1 aliphatic heterocycles. The summed E-state index contributed by atoms with van der Waals surface area (Å²) in [7, 11) is -2.96. The van der Waals surface area contributed by atoms with Crippen LogP contribution >= 0.6 is 11.3 Å². The molecule has 0 bridgehead atoms. The predicted molar refractivity (Wildman–Crippen MR) is 85.4 cm³/mol. The topological polar surface area (TPSA) is 89.7 Å². The fourth-order valence-corrected chi connectivity index (χ4v) is 4.45. The normalized spacial score (nSPS) is 18.0. The lowest BCUT2D eigenvalue weighted by molar-refractivity contribution is 0.102. The Labute approximate surface area is 128 Å². The summed E-state index contributed by atoms with van der Waals surface area (Å²) in [5, 5.41) is 0.751. The average molecular weight is 332 g/mol. The van der Waals surface area contributed by atoms with Gasteiger partial charge < -0.3 is 15.4 Å². The summed E-state index contributed by atoms with van der Waals surface area (Å²) in [5.41, 5.74) is 6.38. The van der Waals surface area contributed by atoms with E-state index in [0.29, 0.717) is 29.4 Å². The molecule has 0 aliphatic carbocycles. The molecule has 2 rings (SSSR count). The Kier molecular flexibility index (Phi) is 4.48. The largest absolute Gasteiger partial charge is 0.486 e. The molecule has 1 aromatic rings. The number of ether oxygens (including phenoxy) is 1. The number of ketones is 1. The van der Waals surface area contributed by atoms with Crippen LogP contribution < -0.4 is 15.4 Å². The molecule has 0 spiro atoms. The van der Waals surface area contributed by atoms with E-state index in [4.69, 9.17) is 10.5 Å². The van der Waals surface area contributed by atoms with Crippen molar-refractivity contribution in [3.8, 4) is 5.75 Å². The minimum atomic E-state index is -2.96. The Morgan fingerprint density at radius 2 is 1.90 bits per heavy atom. The molecule has 1 aliphatic rings. The van der Waals surface area contributed by atoms with E-state index in [0.717, 1.165) is 5.00 Å². The third-order valence-electron chi connectivity index (χ3n) is 3.19. The Morgan fingerprint density at radius 3 is 2.38 bits per heavy atom. The third-order valence-corrected chi connectivity index (χ3v) is 6.14. The number of nitrogens with two attached hydrogens (primary N) is 1. The van der Waals surface area contributed by atoms with E-state index in [-0.39, 0.29) is 23.4 Å². The summed E-state index contributed by atoms with van der Waals surface area (Å²) in [5.74, 6) is 0.615. The van der Waals surface area contributed by atoms with Crippen LogP contribution in [0.1, 0.15) is 30.4 Å². The van der Waals surface area contributed by atoms with Crippen molar-refractivity contribution in [2.45, 2.75) is 26.9 Å². The van der Waals surface area contributed by atoms with Crippen LogP contribution in [0.2, 0.25) is 0 Å². The first-order valence-corrected chi connectivity index (χ1v) is 9.40. The predicted octanol–water partition coefficient (Wildman–Crippen LogP) is 1.55. The molecule has 21 heavy (non-hydrogen) atoms. The molecule has 8 heteroatoms. The van der Waals surface area contributed by atoms with E-state index in [1.165, 1.54) is 18.3 Å². The van der Waals surface area contributed by atoms with Crippen molar-refractivity contribution in [3.05, 3.63) is 4.88 Å². The fraction of sp³-hybridized carbons (Fsp3) is 0.615. The van der Waals surface area contributed by atoms with Gasteiger partial charge in [0.15, 0.2) is 21.4 Å². The second kappa shape index (κ2) is 5.84. The van der Waals surface area contributed by atoms with Crippen LogP contribution in [0.4, 0.5) is 10.7 Å². The van der Waals surface area contributed by atoms with Gasteiger partial charge in [-0.3, -0.25) is 4.79 Å². The number of Topliss-reactive ketones (excluding diaryl/α,β-unsaturated/α-hetero) is 1. The van der Waals surface area contributed by atoms with Crippen molar-refractivity contribution in [2.75, 3.05) is 35.2 Å². The minimum Gasteiger partial charge on any atom is -0.486 e. The molecule has 0 aromatic carbocycles. The monoisotopic (exact) mass is 332 g/mol. The number of sulfone groups is 1. The van der Waals surface area contributed by atoms with E-state index in [1.807, 2.05) is 18.7 Å². The van der Waals surface area contributed by atoms with Gasteiger partial charge in [-0.25, -0.2) is 8.42 Å². The summed E-state index contributed by atoms with van der Waals surface area (Å²) in [6, 6.07) is 0. The lowest BCUT2D eigenvalue weighted by Gasteiger charge is -2.28. The van der Waals surface area contributed by atoms with E-state index in [9.17, 15) is 13.2 Å². The van der Waals surface area contributed by atoms with Gasteiger partial charge in [0.25, 0.3) is 0 Å². The molecule has 0 atom stereocenters. The van der Waals surface area contributed by atoms with Crippen LogP contribution in [0.3, 0.4) is 0 Å². The Hall–Kier alpha value is -1.28. The maximum atomic E-state index is 11.7. The lowest BCUT2D eigenvalue weighted by Crippen LogP contribution is -2.40. The van der Waals surface area contributed by atoms with Gasteiger partial charge in [0, 0.05) is 20.0 Å². The molecule has 1 fully saturated rings. The highest BCUT2D eigenvalue weighted by Crippen LogP contribution is 2.45. The van der Waals surface area contributed by atoms with Crippen molar-refractivity contribution in [1.29, 1.82) is 0 Å². The number of nitrogens with zero attached hydrogens (tertiary/aromatic N) is 1. The second-order valence-corrected chi connectivity index (χ2v) is 8.64. The van der Waals surface area contributed by atoms with Crippen LogP contribution in [0.5, 0.6) is 5.75 Å². The van der Waals surface area contributed by atoms with E-state index < -0.39 is 9.84 Å². The molecule has 0 unspecified atom stereocenters. The number of rotatable bonds is 4. The highest BCUT2D eigenvalue weighted by Gasteiger charge is 2.29. The number of carbonyl (C=O) groups is 1. The third kappa shape index (κ3) is 3.49. The number of hydrogen-bond acceptors (Lipinski definition) is 7. The number of hydrogen-bond donors (Lipinski definition) is 1. The zero-order chi connectivity index (χ0) is 15.8. The molecule has 0 amide bonds. The van der Waals surface area contributed by atoms with Crippen molar-refractivity contribution < 1.29 is 17.9 Å². The zero-order valence-corrected chi connectivity index (χ0v) is 14.0. The fourth-order valence-electron chi connectivity index (χ4n) is 2.15. The second-order valence-electron chi connectivity index (χ2n) is 5.34. The quantitative estimate of drug-likeness (QED) is 0.842. The zero-order valence-electron chi connectivity index (χ0n) is 12.4. The van der Waals surface area contributed by atoms with Gasteiger partial charge in [0.2, 0.25) is 0 Å². The van der Waals surface area contributed by atoms with Gasteiger partial charge in [0.05, 0.1) is 28.2 Å². The first-order valence-electron chi connectivity index (χ1n) is 6.76. The first kappa shape index (κ1) is 16.1. The highest BCUT2D eigenvalue weighted by atomic mass is 32.2. The number of anilines is 2. The molecule has 2 N–H and O–H groups in total. The number of nitrogen functional groups attached to an aromatic ring is 1. The molecular formula is C13H20N2O4S2. The summed E-state index contributed by atoms with van der Waals surface area (Å²) >= 11 is 1.27. The SMILES string of the molecule is CC(=O)c1sc(N2CCS(=O)(=O)CC2)c(OC(C)C)c1N. The Balaban J connectivity index is 2.38. The standard InChI is InChI=1S/C13H20N2O4S2/c1-8(2)19-11-10(14)12(9(3)16)20-13(11)15-4-6-21(17,18)7-5-15/h8H,4-7,14H2,1-3H3. The van der Waals surface area contributed by atoms with Gasteiger partial charge in [0.1, 0.15) is 5.00 Å². The minimum absolute atomic E-state index is 0.0750. The highest BCUT2D eigenvalue weighted by molar-refractivity contribution is 7.91. The van der Waals surface area contributed by atoms with E-state index >= 15 is 0 Å². The van der Waals surface area contributed by atoms with Gasteiger partial charge in [-0.05, 0) is 13.8 Å². The molecule has 6 nitrogen and oxygen atoms in total. The summed E-state index contributed by atoms with van der Waals surface area (Å²) in [6.07, 6.45) is -0.0750. The van der Waals surface area contributed by atoms with Gasteiger partial charge in [-0.15, -0.1) is 11.3 Å². The van der Waals surface area contributed by atoms with Crippen LogP contribution in [0.25, 0.3) is 0 Å². The van der Waals surface area contributed by atoms with E-state index in [1.54, 1.807) is 0 Å². The van der Waals surface area contributed by atoms with Gasteiger partial charge >= 0.3 is 0 Å². The van der Waals surface area contributed by atoms with Crippen LogP contribution in [0, 0.1) is 0 Å². The number of thiophene rings is 1. The van der Waals surface area contributed by atoms with Crippen molar-refractivity contribution in [1.82, 2.24) is 0 Å². The molecule has 2 heterocycles. The van der Waals surface area contributed by atoms with Gasteiger partial charge in [-0.1, -0.05) is 0 Å². The molecule has 1 aromatic heterocycles.